The van der Waals surface area contributed by atoms with Gasteiger partial charge < -0.3 is 9.47 Å². The molecule has 0 fully saturated rings. The molecular weight excluding hydrogens is 372 g/mol. The van der Waals surface area contributed by atoms with E-state index in [1.807, 2.05) is 78.9 Å². The highest BCUT2D eigenvalue weighted by molar-refractivity contribution is 5.97. The lowest BCUT2D eigenvalue weighted by Gasteiger charge is -2.37. The number of fused-ring (bicyclic) bond motifs is 6. The molecule has 0 unspecified atom stereocenters. The van der Waals surface area contributed by atoms with Crippen molar-refractivity contribution in [2.45, 2.75) is 12.0 Å². The monoisotopic (exact) mass is 390 g/mol. The molecule has 2 heterocycles. The average molecular weight is 390 g/mol. The highest BCUT2D eigenvalue weighted by atomic mass is 16.6. The van der Waals surface area contributed by atoms with Gasteiger partial charge in [-0.3, -0.25) is 0 Å². The predicted molar refractivity (Wildman–Crippen MR) is 114 cm³/mol. The Hall–Kier alpha value is -3.85. The van der Waals surface area contributed by atoms with E-state index in [1.54, 1.807) is 0 Å². The van der Waals surface area contributed by atoms with Crippen LogP contribution in [0.5, 0.6) is 11.5 Å². The molecule has 0 saturated heterocycles. The van der Waals surface area contributed by atoms with E-state index >= 15 is 0 Å². The van der Waals surface area contributed by atoms with E-state index < -0.39 is 5.60 Å². The molecule has 144 valence electrons. The fourth-order valence-electron chi connectivity index (χ4n) is 4.73. The summed E-state index contributed by atoms with van der Waals surface area (Å²) in [6, 6.07) is 31.8. The lowest BCUT2D eigenvalue weighted by Crippen LogP contribution is -2.33. The minimum Gasteiger partial charge on any atom is -0.456 e. The SMILES string of the molecule is O=C1OC2(c3ccccc3Oc3ccccc32)c2c(Cc3ccccc3)cccc21. The van der Waals surface area contributed by atoms with Gasteiger partial charge in [0, 0.05) is 16.7 Å². The van der Waals surface area contributed by atoms with Gasteiger partial charge in [0.2, 0.25) is 0 Å². The summed E-state index contributed by atoms with van der Waals surface area (Å²) in [5.41, 5.74) is 4.51. The molecule has 3 heteroatoms. The highest BCUT2D eigenvalue weighted by Gasteiger charge is 2.54. The van der Waals surface area contributed by atoms with Gasteiger partial charge >= 0.3 is 5.97 Å². The predicted octanol–water partition coefficient (Wildman–Crippen LogP) is 5.85. The lowest BCUT2D eigenvalue weighted by atomic mass is 9.75. The Balaban J connectivity index is 1.67. The van der Waals surface area contributed by atoms with Crippen LogP contribution in [0.25, 0.3) is 0 Å². The second-order valence-electron chi connectivity index (χ2n) is 7.67. The number of carbonyl (C=O) groups excluding carboxylic acids is 1. The van der Waals surface area contributed by atoms with Crippen LogP contribution in [0.15, 0.2) is 97.1 Å². The average Bonchev–Trinajstić information content (AvgIpc) is 3.09. The highest BCUT2D eigenvalue weighted by Crippen LogP contribution is 2.56. The van der Waals surface area contributed by atoms with Crippen LogP contribution in [0.4, 0.5) is 0 Å². The molecule has 1 spiro atoms. The fourth-order valence-corrected chi connectivity index (χ4v) is 4.73. The second kappa shape index (κ2) is 6.33. The Bertz CT molecular complexity index is 1250. The van der Waals surface area contributed by atoms with Crippen molar-refractivity contribution in [3.05, 3.63) is 130 Å². The van der Waals surface area contributed by atoms with Crippen LogP contribution in [-0.2, 0) is 16.8 Å². The van der Waals surface area contributed by atoms with Crippen LogP contribution >= 0.6 is 0 Å². The molecule has 0 aliphatic carbocycles. The number of hydrogen-bond donors (Lipinski definition) is 0. The Labute approximate surface area is 174 Å². The molecule has 0 saturated carbocycles. The molecule has 2 aliphatic rings. The van der Waals surface area contributed by atoms with Crippen molar-refractivity contribution >= 4 is 5.97 Å². The number of rotatable bonds is 2. The Morgan fingerprint density at radius 3 is 2.00 bits per heavy atom. The normalized spacial score (nSPS) is 15.0. The molecule has 0 bridgehead atoms. The largest absolute Gasteiger partial charge is 0.456 e. The first kappa shape index (κ1) is 17.0. The minimum absolute atomic E-state index is 0.300. The van der Waals surface area contributed by atoms with Crippen LogP contribution in [0, 0.1) is 0 Å². The zero-order valence-corrected chi connectivity index (χ0v) is 16.2. The van der Waals surface area contributed by atoms with Crippen molar-refractivity contribution in [1.82, 2.24) is 0 Å². The quantitative estimate of drug-likeness (QED) is 0.403. The van der Waals surface area contributed by atoms with Gasteiger partial charge in [0.05, 0.1) is 5.56 Å². The van der Waals surface area contributed by atoms with E-state index in [1.165, 1.54) is 5.56 Å². The first-order valence-electron chi connectivity index (χ1n) is 10.0. The van der Waals surface area contributed by atoms with Gasteiger partial charge in [-0.15, -0.1) is 0 Å². The smallest absolute Gasteiger partial charge is 0.340 e. The first-order valence-corrected chi connectivity index (χ1v) is 10.0. The maximum atomic E-state index is 13.1. The van der Waals surface area contributed by atoms with E-state index in [-0.39, 0.29) is 5.97 Å². The Kier molecular flexibility index (Phi) is 3.59. The lowest BCUT2D eigenvalue weighted by molar-refractivity contribution is 0.0223. The van der Waals surface area contributed by atoms with Crippen molar-refractivity contribution in [2.75, 3.05) is 0 Å². The number of hydrogen-bond acceptors (Lipinski definition) is 3. The molecule has 0 radical (unpaired) electrons. The van der Waals surface area contributed by atoms with E-state index in [2.05, 4.69) is 18.2 Å². The van der Waals surface area contributed by atoms with Gasteiger partial charge in [-0.25, -0.2) is 4.79 Å². The summed E-state index contributed by atoms with van der Waals surface area (Å²) in [4.78, 5) is 13.1. The number of esters is 1. The van der Waals surface area contributed by atoms with Crippen molar-refractivity contribution < 1.29 is 14.3 Å². The molecule has 0 atom stereocenters. The van der Waals surface area contributed by atoms with Crippen molar-refractivity contribution in [3.8, 4) is 11.5 Å². The third-order valence-electron chi connectivity index (χ3n) is 5.96. The van der Waals surface area contributed by atoms with E-state index in [4.69, 9.17) is 9.47 Å². The summed E-state index contributed by atoms with van der Waals surface area (Å²) in [7, 11) is 0. The fraction of sp³-hybridized carbons (Fsp3) is 0.0741. The van der Waals surface area contributed by atoms with Crippen LogP contribution in [0.1, 0.15) is 38.2 Å². The van der Waals surface area contributed by atoms with Crippen molar-refractivity contribution in [1.29, 1.82) is 0 Å². The zero-order chi connectivity index (χ0) is 20.1. The van der Waals surface area contributed by atoms with Gasteiger partial charge in [-0.1, -0.05) is 78.9 Å². The van der Waals surface area contributed by atoms with E-state index in [9.17, 15) is 4.79 Å². The van der Waals surface area contributed by atoms with Crippen LogP contribution < -0.4 is 4.74 Å². The van der Waals surface area contributed by atoms with E-state index in [0.29, 0.717) is 23.5 Å². The number of ether oxygens (including phenoxy) is 2. The second-order valence-corrected chi connectivity index (χ2v) is 7.67. The number of carbonyl (C=O) groups is 1. The summed E-state index contributed by atoms with van der Waals surface area (Å²) < 4.78 is 12.5. The molecule has 4 aromatic carbocycles. The molecule has 2 aliphatic heterocycles. The van der Waals surface area contributed by atoms with Gasteiger partial charge in [-0.2, -0.15) is 0 Å². The van der Waals surface area contributed by atoms with Crippen LogP contribution in [0.2, 0.25) is 0 Å². The zero-order valence-electron chi connectivity index (χ0n) is 16.2. The maximum Gasteiger partial charge on any atom is 0.340 e. The van der Waals surface area contributed by atoms with Gasteiger partial charge in [0.25, 0.3) is 0 Å². The topological polar surface area (TPSA) is 35.5 Å². The molecule has 3 nitrogen and oxygen atoms in total. The summed E-state index contributed by atoms with van der Waals surface area (Å²) in [5.74, 6) is 1.13. The summed E-state index contributed by atoms with van der Waals surface area (Å²) >= 11 is 0. The Morgan fingerprint density at radius 1 is 0.667 bits per heavy atom. The summed E-state index contributed by atoms with van der Waals surface area (Å²) in [6.45, 7) is 0. The van der Waals surface area contributed by atoms with E-state index in [0.717, 1.165) is 22.3 Å². The summed E-state index contributed by atoms with van der Waals surface area (Å²) in [5, 5.41) is 0. The first-order chi connectivity index (χ1) is 14.8. The summed E-state index contributed by atoms with van der Waals surface area (Å²) in [6.07, 6.45) is 0.716. The van der Waals surface area contributed by atoms with Crippen LogP contribution in [-0.4, -0.2) is 5.97 Å². The van der Waals surface area contributed by atoms with Gasteiger partial charge in [0.15, 0.2) is 5.60 Å². The third-order valence-corrected chi connectivity index (χ3v) is 5.96. The molecule has 4 aromatic rings. The number of benzene rings is 4. The molecule has 0 amide bonds. The third kappa shape index (κ3) is 2.29. The molecular formula is C27H18O3. The minimum atomic E-state index is -1.01. The Morgan fingerprint density at radius 2 is 1.30 bits per heavy atom. The standard InChI is InChI=1S/C27H18O3/c28-26-20-12-8-11-19(17-18-9-2-1-3-10-18)25(20)27(30-26)21-13-4-6-15-23(21)29-24-16-7-5-14-22(24)27/h1-16H,17H2. The molecule has 0 aromatic heterocycles. The molecule has 6 rings (SSSR count). The number of para-hydroxylation sites is 2. The molecule has 0 N–H and O–H groups in total. The van der Waals surface area contributed by atoms with Gasteiger partial charge in [0.1, 0.15) is 11.5 Å². The van der Waals surface area contributed by atoms with Crippen molar-refractivity contribution in [3.63, 3.8) is 0 Å². The van der Waals surface area contributed by atoms with Crippen molar-refractivity contribution in [2.24, 2.45) is 0 Å². The molecule has 30 heavy (non-hydrogen) atoms. The van der Waals surface area contributed by atoms with Crippen LogP contribution in [0.3, 0.4) is 0 Å². The maximum absolute atomic E-state index is 13.1. The van der Waals surface area contributed by atoms with Gasteiger partial charge in [-0.05, 0) is 35.7 Å².